The minimum absolute atomic E-state index is 0.0712. The highest BCUT2D eigenvalue weighted by Gasteiger charge is 2.32. The molecule has 1 saturated heterocycles. The van der Waals surface area contributed by atoms with Gasteiger partial charge in [0.1, 0.15) is 0 Å². The molecule has 2 fully saturated rings. The Labute approximate surface area is 156 Å². The van der Waals surface area contributed by atoms with Crippen molar-refractivity contribution in [2.45, 2.75) is 58.0 Å². The van der Waals surface area contributed by atoms with Crippen LogP contribution >= 0.6 is 0 Å². The predicted molar refractivity (Wildman–Crippen MR) is 102 cm³/mol. The van der Waals surface area contributed by atoms with Crippen LogP contribution < -0.4 is 5.73 Å². The molecule has 1 aliphatic heterocycles. The molecule has 0 radical (unpaired) electrons. The maximum Gasteiger partial charge on any atom is 0.236 e. The van der Waals surface area contributed by atoms with Crippen molar-refractivity contribution in [2.75, 3.05) is 19.6 Å². The highest BCUT2D eigenvalue weighted by Crippen LogP contribution is 2.29. The van der Waals surface area contributed by atoms with Crippen molar-refractivity contribution in [2.24, 2.45) is 11.7 Å². The van der Waals surface area contributed by atoms with E-state index in [4.69, 9.17) is 5.73 Å². The third kappa shape index (κ3) is 4.85. The predicted octanol–water partition coefficient (Wildman–Crippen LogP) is 2.50. The lowest BCUT2D eigenvalue weighted by molar-refractivity contribution is -0.136. The second-order valence-electron chi connectivity index (χ2n) is 8.09. The van der Waals surface area contributed by atoms with Gasteiger partial charge in [0.05, 0.1) is 6.54 Å². The molecule has 0 unspecified atom stereocenters. The first-order valence-electron chi connectivity index (χ1n) is 9.84. The molecule has 2 N–H and O–H groups in total. The van der Waals surface area contributed by atoms with Gasteiger partial charge in [-0.2, -0.15) is 0 Å². The van der Waals surface area contributed by atoms with E-state index >= 15 is 0 Å². The Morgan fingerprint density at radius 2 is 1.73 bits per heavy atom. The molecule has 142 valence electrons. The zero-order valence-electron chi connectivity index (χ0n) is 16.0. The van der Waals surface area contributed by atoms with Gasteiger partial charge in [-0.1, -0.05) is 38.1 Å². The van der Waals surface area contributed by atoms with Crippen molar-refractivity contribution in [3.8, 4) is 0 Å². The lowest BCUT2D eigenvalue weighted by Crippen LogP contribution is -2.46. The summed E-state index contributed by atoms with van der Waals surface area (Å²) in [5.74, 6) is 0.409. The normalized spacial score (nSPS) is 18.5. The molecule has 1 aliphatic carbocycles. The first-order valence-corrected chi connectivity index (χ1v) is 9.84. The molecule has 0 spiro atoms. The summed E-state index contributed by atoms with van der Waals surface area (Å²) in [6.07, 6.45) is 3.75. The lowest BCUT2D eigenvalue weighted by Gasteiger charge is -2.32. The van der Waals surface area contributed by atoms with Crippen molar-refractivity contribution in [1.82, 2.24) is 9.80 Å². The maximum atomic E-state index is 12.7. The van der Waals surface area contributed by atoms with Gasteiger partial charge in [-0.05, 0) is 42.7 Å². The maximum absolute atomic E-state index is 12.7. The molecule has 1 aromatic carbocycles. The third-order valence-corrected chi connectivity index (χ3v) is 5.68. The Balaban J connectivity index is 1.55. The van der Waals surface area contributed by atoms with E-state index in [9.17, 15) is 9.59 Å². The van der Waals surface area contributed by atoms with Crippen LogP contribution in [0.25, 0.3) is 0 Å². The monoisotopic (exact) mass is 357 g/mol. The number of hydrogen-bond acceptors (Lipinski definition) is 3. The van der Waals surface area contributed by atoms with Gasteiger partial charge in [0.25, 0.3) is 0 Å². The minimum Gasteiger partial charge on any atom is -0.369 e. The van der Waals surface area contributed by atoms with Crippen LogP contribution in [-0.4, -0.2) is 47.3 Å². The Kier molecular flexibility index (Phi) is 5.97. The van der Waals surface area contributed by atoms with Crippen LogP contribution in [0.4, 0.5) is 0 Å². The number of hydrogen-bond donors (Lipinski definition) is 1. The number of piperidine rings is 1. The summed E-state index contributed by atoms with van der Waals surface area (Å²) in [4.78, 5) is 28.2. The molecular formula is C21H31N3O2. The smallest absolute Gasteiger partial charge is 0.236 e. The van der Waals surface area contributed by atoms with Crippen LogP contribution in [0.15, 0.2) is 24.3 Å². The van der Waals surface area contributed by atoms with E-state index < -0.39 is 0 Å². The molecular weight excluding hydrogens is 326 g/mol. The molecule has 2 aliphatic rings. The molecule has 3 rings (SSSR count). The highest BCUT2D eigenvalue weighted by molar-refractivity contribution is 5.80. The number of carbonyl (C=O) groups is 2. The van der Waals surface area contributed by atoms with Crippen molar-refractivity contribution in [1.29, 1.82) is 0 Å². The first-order chi connectivity index (χ1) is 12.4. The van der Waals surface area contributed by atoms with Gasteiger partial charge < -0.3 is 10.6 Å². The molecule has 0 atom stereocenters. The molecule has 5 nitrogen and oxygen atoms in total. The molecule has 1 heterocycles. The Bertz CT molecular complexity index is 629. The van der Waals surface area contributed by atoms with Crippen molar-refractivity contribution in [3.05, 3.63) is 35.4 Å². The summed E-state index contributed by atoms with van der Waals surface area (Å²) < 4.78 is 0. The number of nitrogens with two attached hydrogens (primary N) is 1. The third-order valence-electron chi connectivity index (χ3n) is 5.68. The van der Waals surface area contributed by atoms with Crippen LogP contribution in [-0.2, 0) is 16.1 Å². The van der Waals surface area contributed by atoms with Gasteiger partial charge in [-0.25, -0.2) is 0 Å². The average Bonchev–Trinajstić information content (AvgIpc) is 3.46. The first kappa shape index (κ1) is 18.9. The van der Waals surface area contributed by atoms with Crippen LogP contribution in [0.5, 0.6) is 0 Å². The van der Waals surface area contributed by atoms with Crippen molar-refractivity contribution in [3.63, 3.8) is 0 Å². The summed E-state index contributed by atoms with van der Waals surface area (Å²) in [6, 6.07) is 9.30. The topological polar surface area (TPSA) is 66.6 Å². The fourth-order valence-corrected chi connectivity index (χ4v) is 3.68. The summed E-state index contributed by atoms with van der Waals surface area (Å²) in [5.41, 5.74) is 7.99. The van der Waals surface area contributed by atoms with E-state index in [1.54, 1.807) is 0 Å². The molecule has 1 saturated carbocycles. The van der Waals surface area contributed by atoms with E-state index in [-0.39, 0.29) is 17.7 Å². The summed E-state index contributed by atoms with van der Waals surface area (Å²) in [6.45, 7) is 6.99. The second kappa shape index (κ2) is 8.21. The number of likely N-dealkylation sites (tertiary alicyclic amines) is 1. The van der Waals surface area contributed by atoms with Gasteiger partial charge in [-0.3, -0.25) is 14.5 Å². The zero-order valence-corrected chi connectivity index (χ0v) is 16.0. The molecule has 1 aromatic rings. The van der Waals surface area contributed by atoms with Gasteiger partial charge in [-0.15, -0.1) is 0 Å². The molecule has 26 heavy (non-hydrogen) atoms. The highest BCUT2D eigenvalue weighted by atomic mass is 16.2. The number of nitrogens with zero attached hydrogens (tertiary/aromatic N) is 2. The fourth-order valence-electron chi connectivity index (χ4n) is 3.68. The van der Waals surface area contributed by atoms with Gasteiger partial charge in [0, 0.05) is 31.6 Å². The van der Waals surface area contributed by atoms with E-state index in [2.05, 4.69) is 43.0 Å². The Morgan fingerprint density at radius 3 is 2.23 bits per heavy atom. The molecule has 0 bridgehead atoms. The SMILES string of the molecule is CC(C)c1ccc(CN(CC(=O)N2CCC(C(N)=O)CC2)C2CC2)cc1. The van der Waals surface area contributed by atoms with Gasteiger partial charge in [0.2, 0.25) is 11.8 Å². The van der Waals surface area contributed by atoms with Crippen molar-refractivity contribution >= 4 is 11.8 Å². The number of benzene rings is 1. The molecule has 2 amide bonds. The summed E-state index contributed by atoms with van der Waals surface area (Å²) in [7, 11) is 0. The number of amides is 2. The van der Waals surface area contributed by atoms with E-state index in [0.29, 0.717) is 44.4 Å². The Hall–Kier alpha value is -1.88. The van der Waals surface area contributed by atoms with Crippen LogP contribution in [0, 0.1) is 5.92 Å². The second-order valence-corrected chi connectivity index (χ2v) is 8.09. The minimum atomic E-state index is -0.235. The van der Waals surface area contributed by atoms with Crippen LogP contribution in [0.3, 0.4) is 0 Å². The summed E-state index contributed by atoms with van der Waals surface area (Å²) in [5, 5.41) is 0. The molecule has 5 heteroatoms. The van der Waals surface area contributed by atoms with Gasteiger partial charge in [0.15, 0.2) is 0 Å². The van der Waals surface area contributed by atoms with E-state index in [0.717, 1.165) is 6.54 Å². The average molecular weight is 357 g/mol. The van der Waals surface area contributed by atoms with Crippen molar-refractivity contribution < 1.29 is 9.59 Å². The number of primary amides is 1. The van der Waals surface area contributed by atoms with E-state index in [1.165, 1.54) is 24.0 Å². The quantitative estimate of drug-likeness (QED) is 0.815. The lowest BCUT2D eigenvalue weighted by atomic mass is 9.96. The standard InChI is InChI=1S/C21H31N3O2/c1-15(2)17-5-3-16(4-6-17)13-24(19-7-8-19)14-20(25)23-11-9-18(10-12-23)21(22)26/h3-6,15,18-19H,7-14H2,1-2H3,(H2,22,26). The van der Waals surface area contributed by atoms with Crippen LogP contribution in [0.2, 0.25) is 0 Å². The number of carbonyl (C=O) groups excluding carboxylic acids is 2. The van der Waals surface area contributed by atoms with Crippen LogP contribution in [0.1, 0.15) is 56.6 Å². The molecule has 0 aromatic heterocycles. The number of rotatable bonds is 7. The largest absolute Gasteiger partial charge is 0.369 e. The zero-order chi connectivity index (χ0) is 18.7. The van der Waals surface area contributed by atoms with E-state index in [1.807, 2.05) is 4.90 Å². The summed E-state index contributed by atoms with van der Waals surface area (Å²) >= 11 is 0. The van der Waals surface area contributed by atoms with Gasteiger partial charge >= 0.3 is 0 Å². The Morgan fingerprint density at radius 1 is 1.12 bits per heavy atom. The fraction of sp³-hybridized carbons (Fsp3) is 0.619.